The minimum atomic E-state index is -1.74. The maximum atomic E-state index is 14.5. The molecule has 4 bridgehead atoms. The van der Waals surface area contributed by atoms with Crippen molar-refractivity contribution < 1.29 is 57.5 Å². The Morgan fingerprint density at radius 2 is 0.965 bits per heavy atom. The molecule has 4 saturated carbocycles. The van der Waals surface area contributed by atoms with E-state index in [0.29, 0.717) is 25.7 Å². The van der Waals surface area contributed by atoms with Crippen LogP contribution in [0.25, 0.3) is 0 Å². The highest BCUT2D eigenvalue weighted by Crippen LogP contribution is 2.62. The Labute approximate surface area is 329 Å². The van der Waals surface area contributed by atoms with Crippen LogP contribution in [-0.4, -0.2) is 77.9 Å². The molecule has 1 heterocycles. The van der Waals surface area contributed by atoms with Crippen molar-refractivity contribution in [2.75, 3.05) is 6.61 Å². The molecule has 0 aromatic heterocycles. The molecule has 5 fully saturated rings. The number of benzene rings is 4. The molecule has 9 rings (SSSR count). The van der Waals surface area contributed by atoms with Gasteiger partial charge in [-0.15, -0.1) is 0 Å². The van der Waals surface area contributed by atoms with Crippen LogP contribution in [-0.2, 0) is 33.2 Å². The van der Waals surface area contributed by atoms with E-state index in [9.17, 15) is 29.1 Å². The summed E-state index contributed by atoms with van der Waals surface area (Å²) < 4.78 is 36.6. The number of aliphatic hydroxyl groups is 1. The molecular formula is C45H42O12. The molecule has 4 aromatic rings. The lowest BCUT2D eigenvalue weighted by molar-refractivity contribution is -0.296. The molecule has 0 amide bonds. The van der Waals surface area contributed by atoms with Crippen LogP contribution in [0.2, 0.25) is 0 Å². The fourth-order valence-corrected chi connectivity index (χ4v) is 9.31. The zero-order chi connectivity index (χ0) is 39.6. The number of ether oxygens (including phenoxy) is 6. The Kier molecular flexibility index (Phi) is 10.6. The smallest absolute Gasteiger partial charge is 0.338 e. The average molecular weight is 775 g/mol. The SMILES string of the molecule is O=C(OC[C@H]1O[C@@H](OC(=O)C23C[C@@H]4C[C@@H](CC(O)(C4)C2)C3)[C@H](OC(=O)c2ccccc2)[C@@H](OC(=O)c2ccccc2)[C@@H]1OC(=O)c1ccccc1)c1ccccc1. The van der Waals surface area contributed by atoms with Crippen LogP contribution in [0.15, 0.2) is 121 Å². The summed E-state index contributed by atoms with van der Waals surface area (Å²) in [6.45, 7) is -0.553. The quantitative estimate of drug-likeness (QED) is 0.138. The van der Waals surface area contributed by atoms with Crippen LogP contribution >= 0.6 is 0 Å². The number of rotatable bonds is 11. The van der Waals surface area contributed by atoms with Crippen molar-refractivity contribution in [1.82, 2.24) is 0 Å². The molecule has 2 unspecified atom stereocenters. The van der Waals surface area contributed by atoms with Crippen LogP contribution in [0.5, 0.6) is 0 Å². The summed E-state index contributed by atoms with van der Waals surface area (Å²) in [4.78, 5) is 69.3. The number of carbonyl (C=O) groups excluding carboxylic acids is 5. The molecule has 0 radical (unpaired) electrons. The molecule has 12 nitrogen and oxygen atoms in total. The van der Waals surface area contributed by atoms with Gasteiger partial charge in [-0.3, -0.25) is 4.79 Å². The van der Waals surface area contributed by atoms with Gasteiger partial charge in [0.25, 0.3) is 0 Å². The van der Waals surface area contributed by atoms with Crippen molar-refractivity contribution in [3.8, 4) is 0 Å². The number of esters is 5. The van der Waals surface area contributed by atoms with Crippen LogP contribution in [0.1, 0.15) is 80.0 Å². The summed E-state index contributed by atoms with van der Waals surface area (Å²) in [6, 6.07) is 32.3. The van der Waals surface area contributed by atoms with E-state index in [4.69, 9.17) is 28.4 Å². The Hall–Kier alpha value is -5.85. The second-order valence-corrected chi connectivity index (χ2v) is 15.6. The number of hydrogen-bond acceptors (Lipinski definition) is 12. The lowest BCUT2D eigenvalue weighted by atomic mass is 9.48. The molecule has 294 valence electrons. The summed E-state index contributed by atoms with van der Waals surface area (Å²) in [5.74, 6) is -3.68. The van der Waals surface area contributed by atoms with E-state index in [0.717, 1.165) is 6.42 Å². The monoisotopic (exact) mass is 774 g/mol. The maximum absolute atomic E-state index is 14.5. The molecule has 57 heavy (non-hydrogen) atoms. The van der Waals surface area contributed by atoms with Gasteiger partial charge < -0.3 is 33.5 Å². The lowest BCUT2D eigenvalue weighted by Crippen LogP contribution is -2.64. The van der Waals surface area contributed by atoms with Crippen LogP contribution in [0, 0.1) is 17.3 Å². The first-order chi connectivity index (χ1) is 27.6. The van der Waals surface area contributed by atoms with Crippen LogP contribution in [0.4, 0.5) is 0 Å². The Bertz CT molecular complexity index is 2080. The number of carbonyl (C=O) groups is 5. The van der Waals surface area contributed by atoms with E-state index in [2.05, 4.69) is 0 Å². The molecule has 0 spiro atoms. The summed E-state index contributed by atoms with van der Waals surface area (Å²) >= 11 is 0. The second-order valence-electron chi connectivity index (χ2n) is 15.6. The first-order valence-electron chi connectivity index (χ1n) is 19.2. The third-order valence-corrected chi connectivity index (χ3v) is 11.4. The van der Waals surface area contributed by atoms with Gasteiger partial charge in [-0.1, -0.05) is 72.8 Å². The zero-order valence-electron chi connectivity index (χ0n) is 31.0. The van der Waals surface area contributed by atoms with Crippen LogP contribution in [0.3, 0.4) is 0 Å². The van der Waals surface area contributed by atoms with E-state index in [1.54, 1.807) is 84.9 Å². The van der Waals surface area contributed by atoms with Gasteiger partial charge >= 0.3 is 29.8 Å². The maximum Gasteiger partial charge on any atom is 0.338 e. The van der Waals surface area contributed by atoms with Crippen molar-refractivity contribution in [2.45, 2.75) is 74.8 Å². The first kappa shape index (κ1) is 38.0. The summed E-state index contributed by atoms with van der Waals surface area (Å²) in [5, 5.41) is 11.5. The van der Waals surface area contributed by atoms with Gasteiger partial charge in [0.05, 0.1) is 33.3 Å². The fraction of sp³-hybridized carbons (Fsp3) is 0.356. The van der Waals surface area contributed by atoms with Crippen molar-refractivity contribution in [2.24, 2.45) is 17.3 Å². The normalized spacial score (nSPS) is 29.7. The van der Waals surface area contributed by atoms with Gasteiger partial charge in [-0.2, -0.15) is 0 Å². The molecule has 1 N–H and O–H groups in total. The molecule has 12 heteroatoms. The molecular weight excluding hydrogens is 732 g/mol. The average Bonchev–Trinajstić information content (AvgIpc) is 3.22. The first-order valence-corrected chi connectivity index (χ1v) is 19.2. The molecule has 4 aliphatic carbocycles. The Morgan fingerprint density at radius 3 is 1.42 bits per heavy atom. The van der Waals surface area contributed by atoms with E-state index >= 15 is 0 Å². The standard InChI is InChI=1S/C45H42O12/c46-38(30-13-5-1-6-14-30)52-26-34-35(54-39(47)31-15-7-2-8-16-31)36(55-40(48)32-17-9-3-10-18-32)37(56-41(49)33-19-11-4-12-20-33)42(53-34)57-43(50)44-22-28-21-29(23-44)25-45(51,24-28)27-44/h1-20,28-29,34-37,42,51H,21-27H2/t28-,29+,34-,35-,36+,37-,42+,44?,45?/m1/s1. The topological polar surface area (TPSA) is 161 Å². The van der Waals surface area contributed by atoms with Gasteiger partial charge in [0.15, 0.2) is 12.2 Å². The molecule has 4 aromatic carbocycles. The predicted molar refractivity (Wildman–Crippen MR) is 200 cm³/mol. The van der Waals surface area contributed by atoms with Gasteiger partial charge in [-0.25, -0.2) is 19.2 Å². The van der Waals surface area contributed by atoms with Crippen molar-refractivity contribution in [1.29, 1.82) is 0 Å². The van der Waals surface area contributed by atoms with E-state index in [-0.39, 0.29) is 40.5 Å². The van der Waals surface area contributed by atoms with E-state index < -0.39 is 78.2 Å². The largest absolute Gasteiger partial charge is 0.459 e. The molecule has 5 aliphatic rings. The van der Waals surface area contributed by atoms with Gasteiger partial charge in [-0.05, 0) is 98.9 Å². The summed E-state index contributed by atoms with van der Waals surface area (Å²) in [5.41, 5.74) is -1.39. The highest BCUT2D eigenvalue weighted by molar-refractivity contribution is 5.91. The lowest BCUT2D eigenvalue weighted by Gasteiger charge is -2.59. The molecule has 1 saturated heterocycles. The van der Waals surface area contributed by atoms with Crippen molar-refractivity contribution in [3.63, 3.8) is 0 Å². The Balaban J connectivity index is 1.18. The van der Waals surface area contributed by atoms with Gasteiger partial charge in [0.1, 0.15) is 12.7 Å². The summed E-state index contributed by atoms with van der Waals surface area (Å²) in [7, 11) is 0. The van der Waals surface area contributed by atoms with Crippen LogP contribution < -0.4 is 0 Å². The Morgan fingerprint density at radius 1 is 0.544 bits per heavy atom. The summed E-state index contributed by atoms with van der Waals surface area (Å²) in [6.07, 6.45) is -4.74. The highest BCUT2D eigenvalue weighted by Gasteiger charge is 2.62. The van der Waals surface area contributed by atoms with Crippen molar-refractivity contribution in [3.05, 3.63) is 144 Å². The van der Waals surface area contributed by atoms with E-state index in [1.807, 2.05) is 0 Å². The van der Waals surface area contributed by atoms with E-state index in [1.165, 1.54) is 36.4 Å². The number of hydrogen-bond donors (Lipinski definition) is 1. The second kappa shape index (κ2) is 16.0. The predicted octanol–water partition coefficient (Wildman–Crippen LogP) is 6.12. The minimum absolute atomic E-state index is 0.132. The zero-order valence-corrected chi connectivity index (χ0v) is 31.0. The van der Waals surface area contributed by atoms with Crippen molar-refractivity contribution >= 4 is 29.8 Å². The van der Waals surface area contributed by atoms with Gasteiger partial charge in [0.2, 0.25) is 12.4 Å². The molecule has 9 atom stereocenters. The third kappa shape index (κ3) is 8.19. The van der Waals surface area contributed by atoms with Gasteiger partial charge in [0, 0.05) is 0 Å². The minimum Gasteiger partial charge on any atom is -0.459 e. The fourth-order valence-electron chi connectivity index (χ4n) is 9.31. The highest BCUT2D eigenvalue weighted by atomic mass is 16.7. The molecule has 1 aliphatic heterocycles. The third-order valence-electron chi connectivity index (χ3n) is 11.4.